The van der Waals surface area contributed by atoms with Crippen LogP contribution in [-0.4, -0.2) is 17.2 Å². The smallest absolute Gasteiger partial charge is 0.345 e. The molecule has 110 valence electrons. The standard InChI is InChI=1S/C15H11Cl3O3/c16-10-2-4-11(5-3-10)21-14(15(19)20)8-9-1-6-12(17)13(18)7-9/h1-7,14H,8H2,(H,19,20). The maximum Gasteiger partial charge on any atom is 0.345 e. The number of carbonyl (C=O) groups is 1. The molecule has 0 radical (unpaired) electrons. The zero-order chi connectivity index (χ0) is 15.4. The number of carboxylic acids is 1. The molecule has 0 aromatic heterocycles. The van der Waals surface area contributed by atoms with E-state index in [2.05, 4.69) is 0 Å². The lowest BCUT2D eigenvalue weighted by Gasteiger charge is -2.15. The van der Waals surface area contributed by atoms with E-state index in [0.29, 0.717) is 20.8 Å². The van der Waals surface area contributed by atoms with Crippen LogP contribution in [0.5, 0.6) is 5.75 Å². The van der Waals surface area contributed by atoms with Crippen molar-refractivity contribution in [2.75, 3.05) is 0 Å². The van der Waals surface area contributed by atoms with Gasteiger partial charge >= 0.3 is 5.97 Å². The number of hydrogen-bond acceptors (Lipinski definition) is 2. The van der Waals surface area contributed by atoms with Gasteiger partial charge in [0.2, 0.25) is 0 Å². The van der Waals surface area contributed by atoms with E-state index in [0.717, 1.165) is 5.56 Å². The molecule has 0 aliphatic carbocycles. The van der Waals surface area contributed by atoms with Crippen molar-refractivity contribution in [2.45, 2.75) is 12.5 Å². The average molecular weight is 346 g/mol. The van der Waals surface area contributed by atoms with Gasteiger partial charge in [-0.1, -0.05) is 40.9 Å². The molecular weight excluding hydrogens is 335 g/mol. The Hall–Kier alpha value is -1.42. The van der Waals surface area contributed by atoms with Crippen LogP contribution in [0.1, 0.15) is 5.56 Å². The van der Waals surface area contributed by atoms with E-state index in [-0.39, 0.29) is 6.42 Å². The summed E-state index contributed by atoms with van der Waals surface area (Å²) < 4.78 is 5.47. The molecule has 0 fully saturated rings. The van der Waals surface area contributed by atoms with Gasteiger partial charge in [-0.05, 0) is 42.0 Å². The fraction of sp³-hybridized carbons (Fsp3) is 0.133. The van der Waals surface area contributed by atoms with E-state index in [9.17, 15) is 9.90 Å². The van der Waals surface area contributed by atoms with Gasteiger partial charge in [0.05, 0.1) is 10.0 Å². The summed E-state index contributed by atoms with van der Waals surface area (Å²) in [5, 5.41) is 10.6. The molecule has 2 aromatic carbocycles. The SMILES string of the molecule is O=C(O)C(Cc1ccc(Cl)c(Cl)c1)Oc1ccc(Cl)cc1. The van der Waals surface area contributed by atoms with E-state index in [1.807, 2.05) is 0 Å². The Morgan fingerprint density at radius 3 is 2.29 bits per heavy atom. The molecule has 0 heterocycles. The third-order valence-corrected chi connectivity index (χ3v) is 3.76. The van der Waals surface area contributed by atoms with Gasteiger partial charge in [-0.2, -0.15) is 0 Å². The van der Waals surface area contributed by atoms with Crippen molar-refractivity contribution in [1.29, 1.82) is 0 Å². The number of carboxylic acid groups (broad SMARTS) is 1. The monoisotopic (exact) mass is 344 g/mol. The van der Waals surface area contributed by atoms with Crippen LogP contribution in [-0.2, 0) is 11.2 Å². The summed E-state index contributed by atoms with van der Waals surface area (Å²) in [4.78, 5) is 11.3. The molecule has 1 atom stereocenters. The third-order valence-electron chi connectivity index (χ3n) is 2.77. The normalized spacial score (nSPS) is 12.0. The predicted octanol–water partition coefficient (Wildman–Crippen LogP) is 4.72. The van der Waals surface area contributed by atoms with Gasteiger partial charge in [0.25, 0.3) is 0 Å². The van der Waals surface area contributed by atoms with Gasteiger partial charge in [-0.3, -0.25) is 0 Å². The van der Waals surface area contributed by atoms with E-state index >= 15 is 0 Å². The fourth-order valence-electron chi connectivity index (χ4n) is 1.74. The molecule has 1 N–H and O–H groups in total. The Morgan fingerprint density at radius 2 is 1.71 bits per heavy atom. The summed E-state index contributed by atoms with van der Waals surface area (Å²) in [6.45, 7) is 0. The molecule has 0 bridgehead atoms. The van der Waals surface area contributed by atoms with Crippen LogP contribution in [0.25, 0.3) is 0 Å². The minimum atomic E-state index is -1.06. The Balaban J connectivity index is 2.13. The van der Waals surface area contributed by atoms with Crippen molar-refractivity contribution < 1.29 is 14.6 Å². The molecule has 0 spiro atoms. The van der Waals surface area contributed by atoms with Gasteiger partial charge in [0.1, 0.15) is 5.75 Å². The van der Waals surface area contributed by atoms with Gasteiger partial charge in [-0.25, -0.2) is 4.79 Å². The van der Waals surface area contributed by atoms with Crippen molar-refractivity contribution in [1.82, 2.24) is 0 Å². The van der Waals surface area contributed by atoms with Gasteiger partial charge < -0.3 is 9.84 Å². The number of hydrogen-bond donors (Lipinski definition) is 1. The largest absolute Gasteiger partial charge is 0.478 e. The first kappa shape index (κ1) is 16.0. The molecule has 1 unspecified atom stereocenters. The Kier molecular flexibility index (Phi) is 5.34. The predicted molar refractivity (Wildman–Crippen MR) is 83.7 cm³/mol. The topological polar surface area (TPSA) is 46.5 Å². The van der Waals surface area contributed by atoms with Crippen molar-refractivity contribution in [3.8, 4) is 5.75 Å². The van der Waals surface area contributed by atoms with E-state index < -0.39 is 12.1 Å². The molecule has 3 nitrogen and oxygen atoms in total. The number of rotatable bonds is 5. The molecule has 0 amide bonds. The molecule has 2 rings (SSSR count). The Labute approximate surface area is 137 Å². The first-order chi connectivity index (χ1) is 9.95. The first-order valence-electron chi connectivity index (χ1n) is 6.04. The highest BCUT2D eigenvalue weighted by atomic mass is 35.5. The lowest BCUT2D eigenvalue weighted by Crippen LogP contribution is -2.29. The van der Waals surface area contributed by atoms with Crippen LogP contribution in [0.15, 0.2) is 42.5 Å². The van der Waals surface area contributed by atoms with Crippen LogP contribution < -0.4 is 4.74 Å². The highest BCUT2D eigenvalue weighted by molar-refractivity contribution is 6.42. The minimum absolute atomic E-state index is 0.175. The van der Waals surface area contributed by atoms with Gasteiger partial charge in [0, 0.05) is 11.4 Å². The molecular formula is C15H11Cl3O3. The lowest BCUT2D eigenvalue weighted by molar-refractivity contribution is -0.145. The molecule has 2 aromatic rings. The van der Waals surface area contributed by atoms with Crippen LogP contribution in [0.2, 0.25) is 15.1 Å². The number of halogens is 3. The summed E-state index contributed by atoms with van der Waals surface area (Å²) in [6.07, 6.45) is -0.849. The maximum absolute atomic E-state index is 11.3. The highest BCUT2D eigenvalue weighted by Gasteiger charge is 2.20. The molecule has 0 saturated heterocycles. The lowest BCUT2D eigenvalue weighted by atomic mass is 10.1. The molecule has 21 heavy (non-hydrogen) atoms. The quantitative estimate of drug-likeness (QED) is 0.852. The van der Waals surface area contributed by atoms with Gasteiger partial charge in [-0.15, -0.1) is 0 Å². The van der Waals surface area contributed by atoms with Crippen molar-refractivity contribution in [3.05, 3.63) is 63.1 Å². The third kappa shape index (κ3) is 4.53. The second-order valence-electron chi connectivity index (χ2n) is 4.35. The summed E-state index contributed by atoms with van der Waals surface area (Å²) in [6, 6.07) is 11.5. The molecule has 0 aliphatic rings. The molecule has 0 aliphatic heterocycles. The maximum atomic E-state index is 11.3. The second-order valence-corrected chi connectivity index (χ2v) is 5.60. The summed E-state index contributed by atoms with van der Waals surface area (Å²) in [5.41, 5.74) is 0.728. The van der Waals surface area contributed by atoms with Crippen LogP contribution >= 0.6 is 34.8 Å². The van der Waals surface area contributed by atoms with Crippen LogP contribution in [0.4, 0.5) is 0 Å². The van der Waals surface area contributed by atoms with E-state index in [1.54, 1.807) is 42.5 Å². The zero-order valence-electron chi connectivity index (χ0n) is 10.7. The number of aliphatic carboxylic acids is 1. The number of benzene rings is 2. The fourth-order valence-corrected chi connectivity index (χ4v) is 2.18. The molecule has 0 saturated carbocycles. The van der Waals surface area contributed by atoms with E-state index in [4.69, 9.17) is 39.5 Å². The second kappa shape index (κ2) is 7.03. The number of ether oxygens (including phenoxy) is 1. The average Bonchev–Trinajstić information content (AvgIpc) is 2.44. The Morgan fingerprint density at radius 1 is 1.05 bits per heavy atom. The van der Waals surface area contributed by atoms with Crippen molar-refractivity contribution in [3.63, 3.8) is 0 Å². The Bertz CT molecular complexity index is 641. The summed E-state index contributed by atoms with van der Waals surface area (Å²) in [5.74, 6) is -0.622. The van der Waals surface area contributed by atoms with Gasteiger partial charge in [0.15, 0.2) is 6.10 Å². The van der Waals surface area contributed by atoms with Crippen LogP contribution in [0.3, 0.4) is 0 Å². The minimum Gasteiger partial charge on any atom is -0.478 e. The van der Waals surface area contributed by atoms with Crippen molar-refractivity contribution in [2.24, 2.45) is 0 Å². The summed E-state index contributed by atoms with van der Waals surface area (Å²) >= 11 is 17.5. The summed E-state index contributed by atoms with van der Waals surface area (Å²) in [7, 11) is 0. The molecule has 6 heteroatoms. The van der Waals surface area contributed by atoms with E-state index in [1.165, 1.54) is 0 Å². The zero-order valence-corrected chi connectivity index (χ0v) is 13.0. The van der Waals surface area contributed by atoms with Crippen LogP contribution in [0, 0.1) is 0 Å². The first-order valence-corrected chi connectivity index (χ1v) is 7.18. The van der Waals surface area contributed by atoms with Crippen molar-refractivity contribution >= 4 is 40.8 Å². The highest BCUT2D eigenvalue weighted by Crippen LogP contribution is 2.24.